The first-order chi connectivity index (χ1) is 8.33. The summed E-state index contributed by atoms with van der Waals surface area (Å²) < 4.78 is 1.21. The third-order valence-corrected chi connectivity index (χ3v) is 3.85. The number of hydrogen-bond donors (Lipinski definition) is 2. The van der Waals surface area contributed by atoms with E-state index in [1.165, 1.54) is 17.5 Å². The highest BCUT2D eigenvalue weighted by molar-refractivity contribution is 7.17. The van der Waals surface area contributed by atoms with Gasteiger partial charge >= 0.3 is 0 Å². The third-order valence-electron chi connectivity index (χ3n) is 2.88. The lowest BCUT2D eigenvalue weighted by molar-refractivity contribution is -0.115. The summed E-state index contributed by atoms with van der Waals surface area (Å²) in [6.07, 6.45) is 2.41. The molecule has 1 fully saturated rings. The van der Waals surface area contributed by atoms with Crippen molar-refractivity contribution in [3.63, 3.8) is 0 Å². The summed E-state index contributed by atoms with van der Waals surface area (Å²) in [5.41, 5.74) is 0.924. The molecule has 3 nitrogen and oxygen atoms in total. The van der Waals surface area contributed by atoms with Gasteiger partial charge in [0.1, 0.15) is 0 Å². The van der Waals surface area contributed by atoms with Crippen LogP contribution in [0.15, 0.2) is 29.6 Å². The summed E-state index contributed by atoms with van der Waals surface area (Å²) in [7, 11) is 0. The maximum atomic E-state index is 11.7. The molecule has 17 heavy (non-hydrogen) atoms. The summed E-state index contributed by atoms with van der Waals surface area (Å²) >= 11 is 1.66. The second kappa shape index (κ2) is 4.47. The van der Waals surface area contributed by atoms with E-state index in [0.29, 0.717) is 12.6 Å². The Balaban J connectivity index is 1.68. The molecule has 0 radical (unpaired) electrons. The van der Waals surface area contributed by atoms with Crippen molar-refractivity contribution in [2.24, 2.45) is 0 Å². The average Bonchev–Trinajstić information content (AvgIpc) is 3.10. The molecule has 3 rings (SSSR count). The van der Waals surface area contributed by atoms with Gasteiger partial charge in [0.05, 0.1) is 12.2 Å². The molecule has 0 unspecified atom stereocenters. The van der Waals surface area contributed by atoms with Crippen molar-refractivity contribution in [1.29, 1.82) is 0 Å². The van der Waals surface area contributed by atoms with Gasteiger partial charge in [0.2, 0.25) is 5.91 Å². The molecule has 0 atom stereocenters. The Bertz CT molecular complexity index is 545. The maximum Gasteiger partial charge on any atom is 0.238 e. The smallest absolute Gasteiger partial charge is 0.238 e. The zero-order chi connectivity index (χ0) is 11.7. The van der Waals surface area contributed by atoms with Crippen LogP contribution in [0.25, 0.3) is 10.1 Å². The molecule has 0 aliphatic heterocycles. The zero-order valence-corrected chi connectivity index (χ0v) is 10.2. The number of carbonyl (C=O) groups excluding carboxylic acids is 1. The number of amides is 1. The average molecular weight is 246 g/mol. The molecule has 2 N–H and O–H groups in total. The van der Waals surface area contributed by atoms with Crippen LogP contribution in [-0.4, -0.2) is 18.5 Å². The SMILES string of the molecule is O=C(CNC1CC1)Nc1csc2ccccc12. The Morgan fingerprint density at radius 3 is 3.00 bits per heavy atom. The molecule has 0 saturated heterocycles. The minimum absolute atomic E-state index is 0.0421. The molecule has 2 aromatic rings. The van der Waals surface area contributed by atoms with Gasteiger partial charge in [-0.3, -0.25) is 4.79 Å². The quantitative estimate of drug-likeness (QED) is 0.870. The number of rotatable bonds is 4. The molecule has 1 aromatic heterocycles. The van der Waals surface area contributed by atoms with Gasteiger partial charge in [0.25, 0.3) is 0 Å². The summed E-state index contributed by atoms with van der Waals surface area (Å²) in [6.45, 7) is 0.412. The van der Waals surface area contributed by atoms with Crippen molar-refractivity contribution >= 4 is 33.0 Å². The molecular weight excluding hydrogens is 232 g/mol. The van der Waals surface area contributed by atoms with Gasteiger partial charge in [0.15, 0.2) is 0 Å². The zero-order valence-electron chi connectivity index (χ0n) is 9.40. The van der Waals surface area contributed by atoms with E-state index >= 15 is 0 Å². The monoisotopic (exact) mass is 246 g/mol. The van der Waals surface area contributed by atoms with Gasteiger partial charge in [-0.1, -0.05) is 18.2 Å². The van der Waals surface area contributed by atoms with E-state index in [0.717, 1.165) is 11.1 Å². The molecule has 1 aliphatic rings. The number of nitrogens with one attached hydrogen (secondary N) is 2. The van der Waals surface area contributed by atoms with Crippen LogP contribution >= 0.6 is 11.3 Å². The fourth-order valence-corrected chi connectivity index (χ4v) is 2.69. The predicted octanol–water partition coefficient (Wildman–Crippen LogP) is 2.59. The number of benzene rings is 1. The van der Waals surface area contributed by atoms with Crippen molar-refractivity contribution in [3.05, 3.63) is 29.6 Å². The number of thiophene rings is 1. The highest BCUT2D eigenvalue weighted by Gasteiger charge is 2.21. The standard InChI is InChI=1S/C13H14N2OS/c16-13(7-14-9-5-6-9)15-11-8-17-12-4-2-1-3-10(11)12/h1-4,8-9,14H,5-7H2,(H,15,16). The molecule has 88 valence electrons. The summed E-state index contributed by atoms with van der Waals surface area (Å²) in [5, 5.41) is 9.29. The van der Waals surface area contributed by atoms with Crippen LogP contribution in [0.4, 0.5) is 5.69 Å². The Morgan fingerprint density at radius 2 is 2.18 bits per heavy atom. The lowest BCUT2D eigenvalue weighted by Gasteiger charge is -2.04. The van der Waals surface area contributed by atoms with E-state index in [-0.39, 0.29) is 5.91 Å². The van der Waals surface area contributed by atoms with Gasteiger partial charge in [0, 0.05) is 21.5 Å². The van der Waals surface area contributed by atoms with Crippen molar-refractivity contribution < 1.29 is 4.79 Å². The largest absolute Gasteiger partial charge is 0.324 e. The van der Waals surface area contributed by atoms with E-state index in [4.69, 9.17) is 0 Å². The van der Waals surface area contributed by atoms with Crippen LogP contribution in [-0.2, 0) is 4.79 Å². The highest BCUT2D eigenvalue weighted by atomic mass is 32.1. The molecule has 1 saturated carbocycles. The topological polar surface area (TPSA) is 41.1 Å². The Hall–Kier alpha value is -1.39. The van der Waals surface area contributed by atoms with E-state index in [9.17, 15) is 4.79 Å². The fourth-order valence-electron chi connectivity index (χ4n) is 1.79. The van der Waals surface area contributed by atoms with Crippen LogP contribution in [0.1, 0.15) is 12.8 Å². The first-order valence-corrected chi connectivity index (χ1v) is 6.70. The van der Waals surface area contributed by atoms with Crippen molar-refractivity contribution in [2.75, 3.05) is 11.9 Å². The van der Waals surface area contributed by atoms with Gasteiger partial charge in [-0.2, -0.15) is 0 Å². The number of anilines is 1. The Morgan fingerprint density at radius 1 is 1.35 bits per heavy atom. The van der Waals surface area contributed by atoms with Crippen LogP contribution in [0, 0.1) is 0 Å². The summed E-state index contributed by atoms with van der Waals surface area (Å²) in [5.74, 6) is 0.0421. The van der Waals surface area contributed by atoms with E-state index < -0.39 is 0 Å². The molecule has 0 spiro atoms. The van der Waals surface area contributed by atoms with E-state index in [2.05, 4.69) is 16.7 Å². The van der Waals surface area contributed by atoms with Gasteiger partial charge < -0.3 is 10.6 Å². The number of carbonyl (C=O) groups is 1. The summed E-state index contributed by atoms with van der Waals surface area (Å²) in [4.78, 5) is 11.7. The number of hydrogen-bond acceptors (Lipinski definition) is 3. The van der Waals surface area contributed by atoms with E-state index in [1.807, 2.05) is 23.6 Å². The van der Waals surface area contributed by atoms with Gasteiger partial charge in [-0.15, -0.1) is 11.3 Å². The lowest BCUT2D eigenvalue weighted by Crippen LogP contribution is -2.29. The van der Waals surface area contributed by atoms with Crippen LogP contribution < -0.4 is 10.6 Å². The maximum absolute atomic E-state index is 11.7. The normalized spacial score (nSPS) is 15.1. The van der Waals surface area contributed by atoms with Crippen LogP contribution in [0.5, 0.6) is 0 Å². The molecule has 4 heteroatoms. The first kappa shape index (κ1) is 10.7. The van der Waals surface area contributed by atoms with Crippen LogP contribution in [0.2, 0.25) is 0 Å². The van der Waals surface area contributed by atoms with Crippen molar-refractivity contribution in [2.45, 2.75) is 18.9 Å². The third kappa shape index (κ3) is 2.48. The summed E-state index contributed by atoms with van der Waals surface area (Å²) in [6, 6.07) is 8.68. The fraction of sp³-hybridized carbons (Fsp3) is 0.308. The van der Waals surface area contributed by atoms with E-state index in [1.54, 1.807) is 11.3 Å². The van der Waals surface area contributed by atoms with Gasteiger partial charge in [-0.05, 0) is 18.9 Å². The minimum Gasteiger partial charge on any atom is -0.324 e. The van der Waals surface area contributed by atoms with Crippen LogP contribution in [0.3, 0.4) is 0 Å². The Kier molecular flexibility index (Phi) is 2.82. The molecule has 0 bridgehead atoms. The molecule has 1 aromatic carbocycles. The molecular formula is C13H14N2OS. The van der Waals surface area contributed by atoms with Crippen molar-refractivity contribution in [1.82, 2.24) is 5.32 Å². The molecule has 1 aliphatic carbocycles. The highest BCUT2D eigenvalue weighted by Crippen LogP contribution is 2.29. The Labute approximate surface area is 104 Å². The number of fused-ring (bicyclic) bond motifs is 1. The minimum atomic E-state index is 0.0421. The second-order valence-corrected chi connectivity index (χ2v) is 5.26. The van der Waals surface area contributed by atoms with Gasteiger partial charge in [-0.25, -0.2) is 0 Å². The second-order valence-electron chi connectivity index (χ2n) is 4.35. The molecule has 1 amide bonds. The van der Waals surface area contributed by atoms with Crippen molar-refractivity contribution in [3.8, 4) is 0 Å². The first-order valence-electron chi connectivity index (χ1n) is 5.82. The molecule has 1 heterocycles. The lowest BCUT2D eigenvalue weighted by atomic mass is 10.2. The predicted molar refractivity (Wildman–Crippen MR) is 71.5 cm³/mol.